The van der Waals surface area contributed by atoms with Gasteiger partial charge in [0, 0.05) is 32.0 Å². The van der Waals surface area contributed by atoms with Crippen LogP contribution in [0.25, 0.3) is 0 Å². The zero-order valence-corrected chi connectivity index (χ0v) is 8.61. The van der Waals surface area contributed by atoms with Gasteiger partial charge in [-0.1, -0.05) is 0 Å². The van der Waals surface area contributed by atoms with Gasteiger partial charge in [0.25, 0.3) is 0 Å². The molecule has 3 unspecified atom stereocenters. The van der Waals surface area contributed by atoms with E-state index >= 15 is 0 Å². The summed E-state index contributed by atoms with van der Waals surface area (Å²) in [4.78, 5) is 13.3. The normalized spacial score (nSPS) is 38.0. The van der Waals surface area contributed by atoms with Crippen molar-refractivity contribution in [2.75, 3.05) is 13.1 Å². The van der Waals surface area contributed by atoms with Gasteiger partial charge in [-0.05, 0) is 19.4 Å². The Morgan fingerprint density at radius 1 is 1.57 bits per heavy atom. The molecule has 0 amide bonds. The van der Waals surface area contributed by atoms with Crippen LogP contribution in [0.1, 0.15) is 26.2 Å². The monoisotopic (exact) mass is 198 g/mol. The van der Waals surface area contributed by atoms with Crippen LogP contribution in [0, 0.1) is 0 Å². The fraction of sp³-hybridized carbons (Fsp3) is 0.900. The van der Waals surface area contributed by atoms with E-state index in [1.54, 1.807) is 0 Å². The van der Waals surface area contributed by atoms with Crippen LogP contribution in [-0.2, 0) is 9.53 Å². The van der Waals surface area contributed by atoms with E-state index in [0.717, 1.165) is 25.9 Å². The number of fused-ring (bicyclic) bond motifs is 1. The second kappa shape index (κ2) is 3.87. The predicted octanol–water partition coefficient (Wildman–Crippen LogP) is 0.114. The maximum Gasteiger partial charge on any atom is 0.302 e. The van der Waals surface area contributed by atoms with Crippen LogP contribution in [0.5, 0.6) is 0 Å². The van der Waals surface area contributed by atoms with E-state index < -0.39 is 0 Å². The first-order valence-electron chi connectivity index (χ1n) is 5.33. The number of carbonyl (C=O) groups excluding carboxylic acids is 1. The Balaban J connectivity index is 2.02. The Bertz CT molecular complexity index is 232. The number of nitrogens with zero attached hydrogens (tertiary/aromatic N) is 1. The SMILES string of the molecule is CC(=O)OC1CC(N)CN2CCCC12. The Labute approximate surface area is 84.4 Å². The highest BCUT2D eigenvalue weighted by Gasteiger charge is 2.39. The maximum atomic E-state index is 10.9. The Morgan fingerprint density at radius 3 is 3.07 bits per heavy atom. The number of hydrogen-bond acceptors (Lipinski definition) is 4. The van der Waals surface area contributed by atoms with Gasteiger partial charge in [-0.15, -0.1) is 0 Å². The molecule has 0 radical (unpaired) electrons. The number of ether oxygens (including phenoxy) is 1. The van der Waals surface area contributed by atoms with Crippen LogP contribution in [0.15, 0.2) is 0 Å². The minimum atomic E-state index is -0.184. The summed E-state index contributed by atoms with van der Waals surface area (Å²) in [5, 5.41) is 0. The first-order chi connectivity index (χ1) is 6.66. The maximum absolute atomic E-state index is 10.9. The van der Waals surface area contributed by atoms with E-state index in [2.05, 4.69) is 4.90 Å². The quantitative estimate of drug-likeness (QED) is 0.608. The number of carbonyl (C=O) groups is 1. The van der Waals surface area contributed by atoms with E-state index in [-0.39, 0.29) is 18.1 Å². The largest absolute Gasteiger partial charge is 0.461 e. The van der Waals surface area contributed by atoms with Crippen molar-refractivity contribution < 1.29 is 9.53 Å². The van der Waals surface area contributed by atoms with Gasteiger partial charge in [0.05, 0.1) is 0 Å². The highest BCUT2D eigenvalue weighted by Crippen LogP contribution is 2.28. The molecular formula is C10H18N2O2. The molecule has 4 nitrogen and oxygen atoms in total. The van der Waals surface area contributed by atoms with Crippen LogP contribution in [0.3, 0.4) is 0 Å². The Hall–Kier alpha value is -0.610. The van der Waals surface area contributed by atoms with Crippen molar-refractivity contribution in [3.63, 3.8) is 0 Å². The molecule has 14 heavy (non-hydrogen) atoms. The van der Waals surface area contributed by atoms with Gasteiger partial charge in [0.2, 0.25) is 0 Å². The first-order valence-corrected chi connectivity index (χ1v) is 5.33. The number of hydrogen-bond donors (Lipinski definition) is 1. The van der Waals surface area contributed by atoms with Gasteiger partial charge in [-0.2, -0.15) is 0 Å². The van der Waals surface area contributed by atoms with Gasteiger partial charge in [-0.3, -0.25) is 9.69 Å². The van der Waals surface area contributed by atoms with Crippen molar-refractivity contribution >= 4 is 5.97 Å². The van der Waals surface area contributed by atoms with Gasteiger partial charge in [-0.25, -0.2) is 0 Å². The lowest BCUT2D eigenvalue weighted by Gasteiger charge is -2.38. The molecule has 4 heteroatoms. The molecule has 2 aliphatic heterocycles. The molecule has 0 aromatic carbocycles. The molecule has 0 aromatic heterocycles. The minimum Gasteiger partial charge on any atom is -0.461 e. The summed E-state index contributed by atoms with van der Waals surface area (Å²) in [6.45, 7) is 3.54. The molecule has 0 saturated carbocycles. The average Bonchev–Trinajstić information content (AvgIpc) is 2.50. The van der Waals surface area contributed by atoms with Crippen LogP contribution in [0.4, 0.5) is 0 Å². The standard InChI is InChI=1S/C10H18N2O2/c1-7(13)14-10-5-8(11)6-12-4-2-3-9(10)12/h8-10H,2-6,11H2,1H3. The zero-order chi connectivity index (χ0) is 10.1. The summed E-state index contributed by atoms with van der Waals surface area (Å²) < 4.78 is 5.31. The lowest BCUT2D eigenvalue weighted by Crippen LogP contribution is -2.54. The van der Waals surface area contributed by atoms with Crippen LogP contribution >= 0.6 is 0 Å². The molecule has 0 aliphatic carbocycles. The molecule has 2 N–H and O–H groups in total. The summed E-state index contributed by atoms with van der Waals surface area (Å²) >= 11 is 0. The van der Waals surface area contributed by atoms with E-state index in [1.807, 2.05) is 0 Å². The van der Waals surface area contributed by atoms with Gasteiger partial charge >= 0.3 is 5.97 Å². The van der Waals surface area contributed by atoms with E-state index in [9.17, 15) is 4.79 Å². The second-order valence-electron chi connectivity index (χ2n) is 4.35. The highest BCUT2D eigenvalue weighted by molar-refractivity contribution is 5.66. The number of nitrogens with two attached hydrogens (primary N) is 1. The van der Waals surface area contributed by atoms with Gasteiger partial charge in [0.1, 0.15) is 6.10 Å². The van der Waals surface area contributed by atoms with Crippen molar-refractivity contribution in [1.29, 1.82) is 0 Å². The van der Waals surface area contributed by atoms with Crippen molar-refractivity contribution in [3.8, 4) is 0 Å². The van der Waals surface area contributed by atoms with Crippen molar-refractivity contribution in [3.05, 3.63) is 0 Å². The fourth-order valence-corrected chi connectivity index (χ4v) is 2.67. The summed E-state index contributed by atoms with van der Waals surface area (Å²) in [7, 11) is 0. The molecule has 2 saturated heterocycles. The van der Waals surface area contributed by atoms with E-state index in [4.69, 9.17) is 10.5 Å². The topological polar surface area (TPSA) is 55.6 Å². The fourth-order valence-electron chi connectivity index (χ4n) is 2.67. The third kappa shape index (κ3) is 1.91. The lowest BCUT2D eigenvalue weighted by molar-refractivity contribution is -0.151. The Morgan fingerprint density at radius 2 is 2.36 bits per heavy atom. The highest BCUT2D eigenvalue weighted by atomic mass is 16.5. The van der Waals surface area contributed by atoms with Crippen LogP contribution in [-0.4, -0.2) is 42.1 Å². The van der Waals surface area contributed by atoms with Crippen LogP contribution in [0.2, 0.25) is 0 Å². The average molecular weight is 198 g/mol. The second-order valence-corrected chi connectivity index (χ2v) is 4.35. The van der Waals surface area contributed by atoms with Crippen molar-refractivity contribution in [1.82, 2.24) is 4.90 Å². The molecule has 0 spiro atoms. The summed E-state index contributed by atoms with van der Waals surface area (Å²) in [6, 6.07) is 0.590. The lowest BCUT2D eigenvalue weighted by atomic mass is 9.96. The molecule has 2 heterocycles. The third-order valence-corrected chi connectivity index (χ3v) is 3.16. The van der Waals surface area contributed by atoms with E-state index in [1.165, 1.54) is 13.3 Å². The molecule has 2 rings (SSSR count). The van der Waals surface area contributed by atoms with Gasteiger partial charge < -0.3 is 10.5 Å². The van der Waals surface area contributed by atoms with Gasteiger partial charge in [0.15, 0.2) is 0 Å². The zero-order valence-electron chi connectivity index (χ0n) is 8.61. The molecule has 2 fully saturated rings. The smallest absolute Gasteiger partial charge is 0.302 e. The summed E-state index contributed by atoms with van der Waals surface area (Å²) in [6.07, 6.45) is 3.19. The van der Waals surface area contributed by atoms with E-state index in [0.29, 0.717) is 6.04 Å². The first kappa shape index (κ1) is 9.93. The molecule has 80 valence electrons. The van der Waals surface area contributed by atoms with Crippen LogP contribution < -0.4 is 5.73 Å². The Kier molecular flexibility index (Phi) is 2.74. The number of piperidine rings is 1. The van der Waals surface area contributed by atoms with Crippen molar-refractivity contribution in [2.24, 2.45) is 5.73 Å². The minimum absolute atomic E-state index is 0.0266. The number of rotatable bonds is 1. The molecule has 0 bridgehead atoms. The summed E-state index contributed by atoms with van der Waals surface area (Å²) in [5.41, 5.74) is 5.92. The summed E-state index contributed by atoms with van der Waals surface area (Å²) in [5.74, 6) is -0.184. The molecule has 2 aliphatic rings. The number of esters is 1. The van der Waals surface area contributed by atoms with Crippen molar-refractivity contribution in [2.45, 2.75) is 44.4 Å². The molecular weight excluding hydrogens is 180 g/mol. The molecule has 3 atom stereocenters. The predicted molar refractivity (Wildman–Crippen MR) is 52.7 cm³/mol. The third-order valence-electron chi connectivity index (χ3n) is 3.16. The molecule has 0 aromatic rings.